The van der Waals surface area contributed by atoms with E-state index in [-0.39, 0.29) is 11.3 Å². The fraction of sp³-hybridized carbons (Fsp3) is 0.417. The fourth-order valence-electron chi connectivity index (χ4n) is 2.03. The van der Waals surface area contributed by atoms with Gasteiger partial charge in [0.15, 0.2) is 9.84 Å². The predicted molar refractivity (Wildman–Crippen MR) is 63.9 cm³/mol. The molecule has 0 saturated heterocycles. The second-order valence-electron chi connectivity index (χ2n) is 4.67. The number of sulfone groups is 1. The largest absolute Gasteiger partial charge is 0.481 e. The van der Waals surface area contributed by atoms with E-state index in [4.69, 9.17) is 10.2 Å². The van der Waals surface area contributed by atoms with Crippen LogP contribution in [0.15, 0.2) is 29.2 Å². The van der Waals surface area contributed by atoms with Gasteiger partial charge in [-0.25, -0.2) is 8.42 Å². The smallest absolute Gasteiger partial charge is 0.313 e. The molecule has 1 aliphatic rings. The summed E-state index contributed by atoms with van der Waals surface area (Å²) in [5, 5.41) is 17.1. The highest BCUT2D eigenvalue weighted by atomic mass is 32.2. The lowest BCUT2D eigenvalue weighted by molar-refractivity contribution is -0.144. The van der Waals surface area contributed by atoms with Crippen LogP contribution in [0.25, 0.3) is 0 Å². The molecule has 98 valence electrons. The van der Waals surface area contributed by atoms with Crippen molar-refractivity contribution in [3.05, 3.63) is 29.8 Å². The summed E-state index contributed by atoms with van der Waals surface area (Å²) in [6.07, 6.45) is -0.0327. The minimum Gasteiger partial charge on any atom is -0.481 e. The monoisotopic (exact) mass is 270 g/mol. The third kappa shape index (κ3) is 1.81. The Kier molecular flexibility index (Phi) is 2.95. The zero-order valence-corrected chi connectivity index (χ0v) is 10.6. The van der Waals surface area contributed by atoms with Gasteiger partial charge in [-0.1, -0.05) is 17.7 Å². The summed E-state index contributed by atoms with van der Waals surface area (Å²) in [4.78, 5) is 11.1. The molecule has 1 fully saturated rings. The fourth-order valence-corrected chi connectivity index (χ4v) is 4.16. The van der Waals surface area contributed by atoms with Crippen LogP contribution >= 0.6 is 0 Å². The number of benzene rings is 1. The lowest BCUT2D eigenvalue weighted by atomic mass is 10.1. The summed E-state index contributed by atoms with van der Waals surface area (Å²) in [6, 6.07) is 6.26. The van der Waals surface area contributed by atoms with Gasteiger partial charge >= 0.3 is 5.97 Å². The summed E-state index contributed by atoms with van der Waals surface area (Å²) in [7, 11) is -3.69. The lowest BCUT2D eigenvalue weighted by Gasteiger charge is -2.09. The number of aliphatic hydroxyl groups is 1. The van der Waals surface area contributed by atoms with E-state index in [0.717, 1.165) is 5.56 Å². The zero-order chi connectivity index (χ0) is 13.6. The average Bonchev–Trinajstić information content (AvgIpc) is 3.06. The van der Waals surface area contributed by atoms with Crippen molar-refractivity contribution < 1.29 is 23.4 Å². The summed E-state index contributed by atoms with van der Waals surface area (Å²) >= 11 is 0. The summed E-state index contributed by atoms with van der Waals surface area (Å²) in [5.74, 6) is -1.26. The van der Waals surface area contributed by atoms with E-state index in [9.17, 15) is 13.2 Å². The maximum Gasteiger partial charge on any atom is 0.313 e. The van der Waals surface area contributed by atoms with Crippen LogP contribution in [-0.4, -0.2) is 36.5 Å². The quantitative estimate of drug-likeness (QED) is 0.836. The number of aryl methyl sites for hydroxylation is 1. The van der Waals surface area contributed by atoms with Gasteiger partial charge in [0.2, 0.25) is 0 Å². The molecule has 2 atom stereocenters. The van der Waals surface area contributed by atoms with Crippen LogP contribution < -0.4 is 0 Å². The molecule has 0 heterocycles. The van der Waals surface area contributed by atoms with Gasteiger partial charge in [-0.2, -0.15) is 0 Å². The first-order valence-electron chi connectivity index (χ1n) is 5.49. The van der Waals surface area contributed by atoms with E-state index in [1.807, 2.05) is 6.92 Å². The standard InChI is InChI=1S/C12H14O5S/c1-8-2-4-9(5-3-8)18(16,17)10-6-12(10,7-13)11(14)15/h2-5,10,13H,6-7H2,1H3,(H,14,15)/t10-,12+/m0/s1. The molecule has 0 amide bonds. The van der Waals surface area contributed by atoms with Crippen molar-refractivity contribution in [1.29, 1.82) is 0 Å². The normalized spacial score (nSPS) is 26.9. The Labute approximate surface area is 105 Å². The number of hydrogen-bond acceptors (Lipinski definition) is 4. The molecule has 2 N–H and O–H groups in total. The Morgan fingerprint density at radius 1 is 1.39 bits per heavy atom. The average molecular weight is 270 g/mol. The van der Waals surface area contributed by atoms with Gasteiger partial charge in [-0.15, -0.1) is 0 Å². The highest BCUT2D eigenvalue weighted by Crippen LogP contribution is 2.52. The lowest BCUT2D eigenvalue weighted by Crippen LogP contribution is -2.27. The van der Waals surface area contributed by atoms with Crippen molar-refractivity contribution >= 4 is 15.8 Å². The third-order valence-corrected chi connectivity index (χ3v) is 5.73. The van der Waals surface area contributed by atoms with Gasteiger partial charge in [-0.3, -0.25) is 4.79 Å². The number of aliphatic hydroxyl groups excluding tert-OH is 1. The van der Waals surface area contributed by atoms with Crippen molar-refractivity contribution in [2.45, 2.75) is 23.5 Å². The topological polar surface area (TPSA) is 91.7 Å². The molecule has 5 nitrogen and oxygen atoms in total. The van der Waals surface area contributed by atoms with Crippen LogP contribution in [0, 0.1) is 12.3 Å². The molecule has 1 saturated carbocycles. The van der Waals surface area contributed by atoms with Gasteiger partial charge in [-0.05, 0) is 25.5 Å². The van der Waals surface area contributed by atoms with Crippen molar-refractivity contribution in [2.75, 3.05) is 6.61 Å². The molecule has 1 aliphatic carbocycles. The van der Waals surface area contributed by atoms with E-state index in [1.165, 1.54) is 12.1 Å². The van der Waals surface area contributed by atoms with Crippen LogP contribution in [0.1, 0.15) is 12.0 Å². The van der Waals surface area contributed by atoms with Gasteiger partial charge in [0.1, 0.15) is 5.41 Å². The highest BCUT2D eigenvalue weighted by molar-refractivity contribution is 7.92. The minimum absolute atomic E-state index is 0.0327. The van der Waals surface area contributed by atoms with E-state index >= 15 is 0 Å². The van der Waals surface area contributed by atoms with Crippen molar-refractivity contribution in [2.24, 2.45) is 5.41 Å². The highest BCUT2D eigenvalue weighted by Gasteiger charge is 2.66. The predicted octanol–water partition coefficient (Wildman–Crippen LogP) is 0.604. The second kappa shape index (κ2) is 4.07. The first-order valence-corrected chi connectivity index (χ1v) is 7.04. The Morgan fingerprint density at radius 2 is 1.94 bits per heavy atom. The molecule has 0 unspecified atom stereocenters. The van der Waals surface area contributed by atoms with Gasteiger partial charge in [0, 0.05) is 0 Å². The van der Waals surface area contributed by atoms with E-state index < -0.39 is 33.1 Å². The summed E-state index contributed by atoms with van der Waals surface area (Å²) in [6.45, 7) is 1.18. The Morgan fingerprint density at radius 3 is 2.33 bits per heavy atom. The summed E-state index contributed by atoms with van der Waals surface area (Å²) < 4.78 is 24.4. The number of carbonyl (C=O) groups is 1. The Balaban J connectivity index is 2.35. The van der Waals surface area contributed by atoms with E-state index in [1.54, 1.807) is 12.1 Å². The zero-order valence-electron chi connectivity index (χ0n) is 9.83. The van der Waals surface area contributed by atoms with E-state index in [0.29, 0.717) is 0 Å². The number of hydrogen-bond donors (Lipinski definition) is 2. The number of carboxylic acids is 1. The van der Waals surface area contributed by atoms with Crippen LogP contribution in [0.5, 0.6) is 0 Å². The van der Waals surface area contributed by atoms with Crippen molar-refractivity contribution in [1.82, 2.24) is 0 Å². The second-order valence-corrected chi connectivity index (χ2v) is 6.80. The van der Waals surface area contributed by atoms with Crippen molar-refractivity contribution in [3.63, 3.8) is 0 Å². The maximum atomic E-state index is 12.2. The first kappa shape index (κ1) is 13.0. The van der Waals surface area contributed by atoms with Crippen molar-refractivity contribution in [3.8, 4) is 0 Å². The summed E-state index contributed by atoms with van der Waals surface area (Å²) in [5.41, 5.74) is -0.597. The molecule has 0 aromatic heterocycles. The molecule has 1 aromatic rings. The third-order valence-electron chi connectivity index (χ3n) is 3.44. The minimum atomic E-state index is -3.69. The Hall–Kier alpha value is -1.40. The molecule has 2 rings (SSSR count). The first-order chi connectivity index (χ1) is 8.34. The molecule has 18 heavy (non-hydrogen) atoms. The van der Waals surface area contributed by atoms with Crippen LogP contribution in [0.4, 0.5) is 0 Å². The molecule has 6 heteroatoms. The molecular weight excluding hydrogens is 256 g/mol. The molecular formula is C12H14O5S. The van der Waals surface area contributed by atoms with E-state index in [2.05, 4.69) is 0 Å². The molecule has 1 aromatic carbocycles. The molecule has 0 aliphatic heterocycles. The van der Waals surface area contributed by atoms with Crippen LogP contribution in [-0.2, 0) is 14.6 Å². The van der Waals surface area contributed by atoms with Crippen LogP contribution in [0.3, 0.4) is 0 Å². The van der Waals surface area contributed by atoms with Gasteiger partial charge in [0.05, 0.1) is 16.8 Å². The molecule has 0 bridgehead atoms. The number of carboxylic acid groups (broad SMARTS) is 1. The van der Waals surface area contributed by atoms with Crippen LogP contribution in [0.2, 0.25) is 0 Å². The van der Waals surface area contributed by atoms with Gasteiger partial charge < -0.3 is 10.2 Å². The SMILES string of the molecule is Cc1ccc(S(=O)(=O)[C@H]2C[C@]2(CO)C(=O)O)cc1. The van der Waals surface area contributed by atoms with Gasteiger partial charge in [0.25, 0.3) is 0 Å². The maximum absolute atomic E-state index is 12.2. The Bertz CT molecular complexity index is 575. The number of rotatable bonds is 4. The number of aliphatic carboxylic acids is 1. The molecule has 0 radical (unpaired) electrons. The molecule has 0 spiro atoms.